The van der Waals surface area contributed by atoms with Gasteiger partial charge in [-0.05, 0) is 30.7 Å². The average Bonchev–Trinajstić information content (AvgIpc) is 2.65. The molecular weight excluding hydrogens is 386 g/mol. The maximum Gasteiger partial charge on any atom is 0.271 e. The van der Waals surface area contributed by atoms with Crippen molar-refractivity contribution in [1.29, 1.82) is 0 Å². The number of anilines is 1. The van der Waals surface area contributed by atoms with Gasteiger partial charge >= 0.3 is 0 Å². The molecule has 0 bridgehead atoms. The molecule has 2 aromatic rings. The van der Waals surface area contributed by atoms with Gasteiger partial charge in [0.2, 0.25) is 15.9 Å². The number of amides is 1. The molecule has 0 saturated carbocycles. The molecule has 28 heavy (non-hydrogen) atoms. The lowest BCUT2D eigenvalue weighted by Crippen LogP contribution is -2.47. The summed E-state index contributed by atoms with van der Waals surface area (Å²) in [6, 6.07) is 11.1. The van der Waals surface area contributed by atoms with Gasteiger partial charge in [-0.2, -0.15) is 0 Å². The quantitative estimate of drug-likeness (QED) is 0.529. The molecule has 1 N–H and O–H groups in total. The van der Waals surface area contributed by atoms with Crippen molar-refractivity contribution in [3.63, 3.8) is 0 Å². The summed E-state index contributed by atoms with van der Waals surface area (Å²) in [5.41, 5.74) is 0.586. The van der Waals surface area contributed by atoms with Crippen molar-refractivity contribution in [2.45, 2.75) is 19.5 Å². The van der Waals surface area contributed by atoms with Crippen LogP contribution in [0.1, 0.15) is 12.5 Å². The van der Waals surface area contributed by atoms with Crippen LogP contribution in [0.15, 0.2) is 48.5 Å². The van der Waals surface area contributed by atoms with Gasteiger partial charge in [-0.1, -0.05) is 18.2 Å². The predicted molar refractivity (Wildman–Crippen MR) is 105 cm³/mol. The fraction of sp³-hybridized carbons (Fsp3) is 0.278. The maximum absolute atomic E-state index is 12.5. The minimum atomic E-state index is -3.86. The Morgan fingerprint density at radius 3 is 2.43 bits per heavy atom. The minimum Gasteiger partial charge on any atom is -0.497 e. The van der Waals surface area contributed by atoms with Gasteiger partial charge in [0, 0.05) is 18.7 Å². The number of nitrogens with one attached hydrogen (secondary N) is 1. The first-order chi connectivity index (χ1) is 13.1. The zero-order valence-electron chi connectivity index (χ0n) is 15.7. The summed E-state index contributed by atoms with van der Waals surface area (Å²) >= 11 is 0. The van der Waals surface area contributed by atoms with Gasteiger partial charge in [0.25, 0.3) is 5.69 Å². The number of rotatable bonds is 8. The average molecular weight is 407 g/mol. The fourth-order valence-electron chi connectivity index (χ4n) is 2.63. The largest absolute Gasteiger partial charge is 0.497 e. The molecule has 10 heteroatoms. The highest BCUT2D eigenvalue weighted by Crippen LogP contribution is 2.25. The van der Waals surface area contributed by atoms with Gasteiger partial charge in [0.05, 0.1) is 24.0 Å². The van der Waals surface area contributed by atoms with Crippen molar-refractivity contribution < 1.29 is 22.9 Å². The number of non-ortho nitro benzene ring substituents is 1. The molecule has 0 unspecified atom stereocenters. The zero-order chi connectivity index (χ0) is 20.9. The number of nitro groups is 1. The molecule has 0 fully saturated rings. The number of hydrogen-bond acceptors (Lipinski definition) is 6. The minimum absolute atomic E-state index is 0.0452. The molecule has 0 heterocycles. The lowest BCUT2D eigenvalue weighted by Gasteiger charge is -2.28. The second kappa shape index (κ2) is 8.70. The smallest absolute Gasteiger partial charge is 0.271 e. The van der Waals surface area contributed by atoms with Gasteiger partial charge in [0.15, 0.2) is 0 Å². The molecule has 9 nitrogen and oxygen atoms in total. The highest BCUT2D eigenvalue weighted by atomic mass is 32.2. The van der Waals surface area contributed by atoms with Gasteiger partial charge in [-0.15, -0.1) is 0 Å². The Bertz CT molecular complexity index is 960. The molecule has 0 aliphatic carbocycles. The summed E-state index contributed by atoms with van der Waals surface area (Å²) in [5.74, 6) is 0.144. The first kappa shape index (κ1) is 21.2. The van der Waals surface area contributed by atoms with Crippen LogP contribution < -0.4 is 14.4 Å². The Balaban J connectivity index is 2.20. The Kier molecular flexibility index (Phi) is 6.57. The number of methoxy groups -OCH3 is 1. The Labute approximate surface area is 163 Å². The molecule has 1 amide bonds. The summed E-state index contributed by atoms with van der Waals surface area (Å²) in [6.07, 6.45) is 0.944. The number of nitrogens with zero attached hydrogens (tertiary/aromatic N) is 2. The van der Waals surface area contributed by atoms with E-state index >= 15 is 0 Å². The molecule has 1 atom stereocenters. The van der Waals surface area contributed by atoms with Crippen molar-refractivity contribution in [1.82, 2.24) is 5.32 Å². The SMILES string of the molecule is COc1ccc(CNC(=O)[C@@H](C)N(c2cccc([N+](=O)[O-])c2)S(C)(=O)=O)cc1. The van der Waals surface area contributed by atoms with Crippen LogP contribution in [0.5, 0.6) is 5.75 Å². The molecule has 0 aromatic heterocycles. The van der Waals surface area contributed by atoms with E-state index in [-0.39, 0.29) is 17.9 Å². The van der Waals surface area contributed by atoms with E-state index in [4.69, 9.17) is 4.74 Å². The van der Waals surface area contributed by atoms with Gasteiger partial charge in [0.1, 0.15) is 11.8 Å². The Morgan fingerprint density at radius 2 is 1.89 bits per heavy atom. The highest BCUT2D eigenvalue weighted by Gasteiger charge is 2.29. The summed E-state index contributed by atoms with van der Waals surface area (Å²) in [6.45, 7) is 1.61. The van der Waals surface area contributed by atoms with Crippen LogP contribution in [0.2, 0.25) is 0 Å². The number of carbonyl (C=O) groups excluding carboxylic acids is 1. The van der Waals surface area contributed by atoms with Crippen LogP contribution in [0, 0.1) is 10.1 Å². The Hall–Kier alpha value is -3.14. The van der Waals surface area contributed by atoms with Gasteiger partial charge in [-0.25, -0.2) is 8.42 Å². The van der Waals surface area contributed by atoms with Crippen LogP contribution in [0.3, 0.4) is 0 Å². The van der Waals surface area contributed by atoms with Gasteiger partial charge < -0.3 is 10.1 Å². The number of ether oxygens (including phenoxy) is 1. The molecule has 2 rings (SSSR count). The summed E-state index contributed by atoms with van der Waals surface area (Å²) in [5, 5.41) is 13.7. The van der Waals surface area contributed by atoms with E-state index in [1.807, 2.05) is 0 Å². The molecule has 150 valence electrons. The second-order valence-corrected chi connectivity index (χ2v) is 7.94. The standard InChI is InChI=1S/C18H21N3O6S/c1-13(18(22)19-12-14-7-9-17(27-2)10-8-14)20(28(3,25)26)15-5-4-6-16(11-15)21(23)24/h4-11,13H,12H2,1-3H3,(H,19,22)/t13-/m1/s1. The van der Waals surface area contributed by atoms with E-state index in [9.17, 15) is 23.3 Å². The third-order valence-corrected chi connectivity index (χ3v) is 5.25. The lowest BCUT2D eigenvalue weighted by atomic mass is 10.2. The molecule has 0 saturated heterocycles. The molecule has 0 spiro atoms. The number of benzene rings is 2. The Morgan fingerprint density at radius 1 is 1.25 bits per heavy atom. The third kappa shape index (κ3) is 5.19. The zero-order valence-corrected chi connectivity index (χ0v) is 16.5. The first-order valence-corrected chi connectivity index (χ1v) is 10.1. The van der Waals surface area contributed by atoms with Crippen molar-refractivity contribution in [2.24, 2.45) is 0 Å². The number of hydrogen-bond donors (Lipinski definition) is 1. The van der Waals surface area contributed by atoms with Gasteiger partial charge in [-0.3, -0.25) is 19.2 Å². The van der Waals surface area contributed by atoms with E-state index < -0.39 is 26.9 Å². The van der Waals surface area contributed by atoms with Crippen LogP contribution in [0.4, 0.5) is 11.4 Å². The molecule has 0 aliphatic heterocycles. The number of nitro benzene ring substituents is 1. The maximum atomic E-state index is 12.5. The number of carbonyl (C=O) groups is 1. The third-order valence-electron chi connectivity index (χ3n) is 4.01. The lowest BCUT2D eigenvalue weighted by molar-refractivity contribution is -0.384. The van der Waals surface area contributed by atoms with E-state index in [0.29, 0.717) is 5.75 Å². The second-order valence-electron chi connectivity index (χ2n) is 6.08. The summed E-state index contributed by atoms with van der Waals surface area (Å²) in [4.78, 5) is 22.9. The highest BCUT2D eigenvalue weighted by molar-refractivity contribution is 7.92. The van der Waals surface area contributed by atoms with Crippen LogP contribution in [-0.2, 0) is 21.4 Å². The van der Waals surface area contributed by atoms with Crippen LogP contribution in [-0.4, -0.2) is 38.7 Å². The molecule has 0 radical (unpaired) electrons. The van der Waals surface area contributed by atoms with Crippen LogP contribution in [0.25, 0.3) is 0 Å². The monoisotopic (exact) mass is 407 g/mol. The number of sulfonamides is 1. The normalized spacial score (nSPS) is 12.1. The summed E-state index contributed by atoms with van der Waals surface area (Å²) in [7, 11) is -2.32. The molecule has 2 aromatic carbocycles. The molecular formula is C18H21N3O6S. The summed E-state index contributed by atoms with van der Waals surface area (Å²) < 4.78 is 30.5. The van der Waals surface area contributed by atoms with Crippen molar-refractivity contribution in [3.8, 4) is 5.75 Å². The van der Waals surface area contributed by atoms with Crippen molar-refractivity contribution in [2.75, 3.05) is 17.7 Å². The van der Waals surface area contributed by atoms with E-state index in [0.717, 1.165) is 22.2 Å². The molecule has 0 aliphatic rings. The topological polar surface area (TPSA) is 119 Å². The first-order valence-electron chi connectivity index (χ1n) is 8.28. The predicted octanol–water partition coefficient (Wildman–Crippen LogP) is 2.07. The van der Waals surface area contributed by atoms with E-state index in [1.54, 1.807) is 31.4 Å². The van der Waals surface area contributed by atoms with E-state index in [1.165, 1.54) is 25.1 Å². The van der Waals surface area contributed by atoms with Crippen LogP contribution >= 0.6 is 0 Å². The fourth-order valence-corrected chi connectivity index (χ4v) is 3.80. The van der Waals surface area contributed by atoms with Crippen molar-refractivity contribution >= 4 is 27.3 Å². The van der Waals surface area contributed by atoms with Crippen molar-refractivity contribution in [3.05, 3.63) is 64.2 Å². The van der Waals surface area contributed by atoms with E-state index in [2.05, 4.69) is 5.32 Å².